The summed E-state index contributed by atoms with van der Waals surface area (Å²) in [5.41, 5.74) is 0. The number of alkyl halides is 3. The Morgan fingerprint density at radius 3 is 2.69 bits per heavy atom. The molecule has 1 aromatic heterocycles. The Labute approximate surface area is 73.1 Å². The standard InChI is InChI=1S/C7H9F3N2O/c1-6-11-2-3-12(6)5-13-4-7(8,9)10/h2-3H,4-5H2,1H3. The van der Waals surface area contributed by atoms with Crippen molar-refractivity contribution >= 4 is 0 Å². The topological polar surface area (TPSA) is 27.1 Å². The van der Waals surface area contributed by atoms with Crippen LogP contribution in [0.25, 0.3) is 0 Å². The Balaban J connectivity index is 2.32. The number of aryl methyl sites for hydroxylation is 1. The average Bonchev–Trinajstić information content (AvgIpc) is 2.34. The Hall–Kier alpha value is -1.04. The number of hydrogen-bond acceptors (Lipinski definition) is 2. The molecule has 0 fully saturated rings. The lowest BCUT2D eigenvalue weighted by atomic mass is 10.7. The zero-order valence-corrected chi connectivity index (χ0v) is 7.01. The first-order chi connectivity index (χ1) is 5.99. The second kappa shape index (κ2) is 3.78. The van der Waals surface area contributed by atoms with E-state index < -0.39 is 12.8 Å². The van der Waals surface area contributed by atoms with Gasteiger partial charge in [0.15, 0.2) is 0 Å². The van der Waals surface area contributed by atoms with E-state index in [0.29, 0.717) is 5.82 Å². The van der Waals surface area contributed by atoms with Crippen LogP contribution in [0.4, 0.5) is 13.2 Å². The molecule has 3 nitrogen and oxygen atoms in total. The summed E-state index contributed by atoms with van der Waals surface area (Å²) in [7, 11) is 0. The summed E-state index contributed by atoms with van der Waals surface area (Å²) >= 11 is 0. The van der Waals surface area contributed by atoms with Crippen molar-refractivity contribution in [2.75, 3.05) is 6.61 Å². The molecule has 0 saturated carbocycles. The summed E-state index contributed by atoms with van der Waals surface area (Å²) in [6.07, 6.45) is -1.20. The lowest BCUT2D eigenvalue weighted by Gasteiger charge is -2.08. The minimum absolute atomic E-state index is 0.120. The molecule has 1 heterocycles. The van der Waals surface area contributed by atoms with Gasteiger partial charge < -0.3 is 9.30 Å². The van der Waals surface area contributed by atoms with Crippen LogP contribution < -0.4 is 0 Å². The van der Waals surface area contributed by atoms with Gasteiger partial charge in [-0.2, -0.15) is 13.2 Å². The molecule has 0 bridgehead atoms. The van der Waals surface area contributed by atoms with Crippen LogP contribution in [-0.4, -0.2) is 22.3 Å². The maximum atomic E-state index is 11.6. The summed E-state index contributed by atoms with van der Waals surface area (Å²) < 4.78 is 40.8. The van der Waals surface area contributed by atoms with Crippen molar-refractivity contribution in [1.29, 1.82) is 0 Å². The van der Waals surface area contributed by atoms with E-state index >= 15 is 0 Å². The van der Waals surface area contributed by atoms with Crippen molar-refractivity contribution < 1.29 is 17.9 Å². The number of ether oxygens (including phenoxy) is 1. The van der Waals surface area contributed by atoms with Gasteiger partial charge >= 0.3 is 6.18 Å². The van der Waals surface area contributed by atoms with Crippen LogP contribution >= 0.6 is 0 Å². The molecule has 1 rings (SSSR count). The van der Waals surface area contributed by atoms with E-state index in [-0.39, 0.29) is 6.73 Å². The van der Waals surface area contributed by atoms with Gasteiger partial charge in [-0.05, 0) is 6.92 Å². The molecule has 0 unspecified atom stereocenters. The van der Waals surface area contributed by atoms with Gasteiger partial charge in [-0.25, -0.2) is 4.98 Å². The Morgan fingerprint density at radius 2 is 2.23 bits per heavy atom. The Kier molecular flexibility index (Phi) is 2.92. The van der Waals surface area contributed by atoms with E-state index in [1.165, 1.54) is 10.8 Å². The highest BCUT2D eigenvalue weighted by Gasteiger charge is 2.27. The molecule has 0 aliphatic rings. The van der Waals surface area contributed by atoms with Crippen molar-refractivity contribution in [3.8, 4) is 0 Å². The van der Waals surface area contributed by atoms with Gasteiger partial charge in [-0.1, -0.05) is 0 Å². The van der Waals surface area contributed by atoms with Crippen LogP contribution in [0.3, 0.4) is 0 Å². The van der Waals surface area contributed by atoms with Crippen molar-refractivity contribution in [3.05, 3.63) is 18.2 Å². The summed E-state index contributed by atoms with van der Waals surface area (Å²) in [6.45, 7) is 0.340. The molecule has 0 N–H and O–H groups in total. The van der Waals surface area contributed by atoms with E-state index in [4.69, 9.17) is 0 Å². The number of rotatable bonds is 3. The van der Waals surface area contributed by atoms with Crippen LogP contribution in [0.5, 0.6) is 0 Å². The lowest BCUT2D eigenvalue weighted by Crippen LogP contribution is -2.18. The molecular formula is C7H9F3N2O. The van der Waals surface area contributed by atoms with Crippen LogP contribution in [0, 0.1) is 6.92 Å². The molecular weight excluding hydrogens is 185 g/mol. The number of aromatic nitrogens is 2. The van der Waals surface area contributed by atoms with Crippen LogP contribution in [0.1, 0.15) is 5.82 Å². The molecule has 0 spiro atoms. The quantitative estimate of drug-likeness (QED) is 0.732. The van der Waals surface area contributed by atoms with Gasteiger partial charge in [0.25, 0.3) is 0 Å². The van der Waals surface area contributed by atoms with Crippen LogP contribution in [0.2, 0.25) is 0 Å². The van der Waals surface area contributed by atoms with Gasteiger partial charge in [-0.15, -0.1) is 0 Å². The highest BCUT2D eigenvalue weighted by Crippen LogP contribution is 2.14. The molecule has 0 atom stereocenters. The van der Waals surface area contributed by atoms with E-state index in [1.54, 1.807) is 13.1 Å². The summed E-state index contributed by atoms with van der Waals surface area (Å²) in [5.74, 6) is 0.627. The van der Waals surface area contributed by atoms with Crippen molar-refractivity contribution in [3.63, 3.8) is 0 Å². The second-order valence-electron chi connectivity index (χ2n) is 2.54. The molecule has 0 amide bonds. The first kappa shape index (κ1) is 10.0. The van der Waals surface area contributed by atoms with Gasteiger partial charge in [-0.3, -0.25) is 0 Å². The SMILES string of the molecule is Cc1nccn1COCC(F)(F)F. The number of hydrogen-bond donors (Lipinski definition) is 0. The lowest BCUT2D eigenvalue weighted by molar-refractivity contribution is -0.182. The molecule has 1 aromatic rings. The zero-order chi connectivity index (χ0) is 9.90. The molecule has 74 valence electrons. The van der Waals surface area contributed by atoms with Crippen molar-refractivity contribution in [1.82, 2.24) is 9.55 Å². The molecule has 0 aliphatic heterocycles. The van der Waals surface area contributed by atoms with Gasteiger partial charge in [0.2, 0.25) is 0 Å². The number of halogens is 3. The Morgan fingerprint density at radius 1 is 1.54 bits per heavy atom. The van der Waals surface area contributed by atoms with E-state index in [2.05, 4.69) is 9.72 Å². The minimum Gasteiger partial charge on any atom is -0.351 e. The van der Waals surface area contributed by atoms with Crippen LogP contribution in [-0.2, 0) is 11.5 Å². The fourth-order valence-corrected chi connectivity index (χ4v) is 0.800. The highest BCUT2D eigenvalue weighted by atomic mass is 19.4. The van der Waals surface area contributed by atoms with Gasteiger partial charge in [0, 0.05) is 12.4 Å². The number of nitrogens with zero attached hydrogens (tertiary/aromatic N) is 2. The first-order valence-corrected chi connectivity index (χ1v) is 3.61. The predicted octanol–water partition coefficient (Wildman–Crippen LogP) is 1.73. The third-order valence-corrected chi connectivity index (χ3v) is 1.42. The van der Waals surface area contributed by atoms with Gasteiger partial charge in [0.05, 0.1) is 0 Å². The number of imidazole rings is 1. The maximum absolute atomic E-state index is 11.6. The smallest absolute Gasteiger partial charge is 0.351 e. The molecule has 0 saturated heterocycles. The molecule has 0 aromatic carbocycles. The summed E-state index contributed by atoms with van der Waals surface area (Å²) in [6, 6.07) is 0. The van der Waals surface area contributed by atoms with Gasteiger partial charge in [0.1, 0.15) is 19.2 Å². The predicted molar refractivity (Wildman–Crippen MR) is 39.0 cm³/mol. The van der Waals surface area contributed by atoms with Crippen molar-refractivity contribution in [2.45, 2.75) is 19.8 Å². The maximum Gasteiger partial charge on any atom is 0.411 e. The monoisotopic (exact) mass is 194 g/mol. The molecule has 13 heavy (non-hydrogen) atoms. The largest absolute Gasteiger partial charge is 0.411 e. The van der Waals surface area contributed by atoms with E-state index in [9.17, 15) is 13.2 Å². The van der Waals surface area contributed by atoms with E-state index in [1.807, 2.05) is 0 Å². The highest BCUT2D eigenvalue weighted by molar-refractivity contribution is 4.87. The van der Waals surface area contributed by atoms with Crippen LogP contribution in [0.15, 0.2) is 12.4 Å². The molecule has 0 aliphatic carbocycles. The fraction of sp³-hybridized carbons (Fsp3) is 0.571. The zero-order valence-electron chi connectivity index (χ0n) is 7.01. The minimum atomic E-state index is -4.27. The van der Waals surface area contributed by atoms with Crippen molar-refractivity contribution in [2.24, 2.45) is 0 Å². The normalized spacial score (nSPS) is 12.0. The molecule has 0 radical (unpaired) electrons. The first-order valence-electron chi connectivity index (χ1n) is 3.61. The average molecular weight is 194 g/mol. The third-order valence-electron chi connectivity index (χ3n) is 1.42. The third kappa shape index (κ3) is 3.45. The second-order valence-corrected chi connectivity index (χ2v) is 2.54. The molecule has 6 heteroatoms. The summed E-state index contributed by atoms with van der Waals surface area (Å²) in [5, 5.41) is 0. The fourth-order valence-electron chi connectivity index (χ4n) is 0.800. The Bertz CT molecular complexity index is 269. The van der Waals surface area contributed by atoms with E-state index in [0.717, 1.165) is 0 Å². The summed E-state index contributed by atoms with van der Waals surface area (Å²) in [4.78, 5) is 3.83.